The average molecular weight is 429 g/mol. The summed E-state index contributed by atoms with van der Waals surface area (Å²) in [5.74, 6) is -1.36. The molecule has 2 aromatic heterocycles. The molecule has 0 unspecified atom stereocenters. The van der Waals surface area contributed by atoms with Gasteiger partial charge in [0, 0.05) is 5.69 Å². The molecule has 30 heavy (non-hydrogen) atoms. The van der Waals surface area contributed by atoms with Gasteiger partial charge in [0.25, 0.3) is 11.5 Å². The summed E-state index contributed by atoms with van der Waals surface area (Å²) in [5.41, 5.74) is -0.361. The Kier molecular flexibility index (Phi) is 4.88. The first-order valence-electron chi connectivity index (χ1n) is 8.63. The molecule has 0 aliphatic carbocycles. The molecule has 3 N–H and O–H groups in total. The van der Waals surface area contributed by atoms with Gasteiger partial charge in [-0.25, -0.2) is 9.07 Å². The molecule has 0 fully saturated rings. The zero-order chi connectivity index (χ0) is 21.4. The van der Waals surface area contributed by atoms with Crippen LogP contribution in [0, 0.1) is 5.82 Å². The summed E-state index contributed by atoms with van der Waals surface area (Å²) >= 11 is 6.04. The number of aromatic nitrogens is 3. The number of carbonyl (C=O) groups is 1. The van der Waals surface area contributed by atoms with E-state index in [4.69, 9.17) is 16.3 Å². The SMILES string of the molecule is COc1ccc(NC(=O)c2c(O)c3cnn(-c4ccc(F)cc4)c3[nH]c2=O)cc1Cl. The van der Waals surface area contributed by atoms with E-state index >= 15 is 0 Å². The molecule has 2 aromatic carbocycles. The van der Waals surface area contributed by atoms with Crippen LogP contribution in [0.2, 0.25) is 5.02 Å². The fourth-order valence-corrected chi connectivity index (χ4v) is 3.24. The molecule has 0 saturated heterocycles. The summed E-state index contributed by atoms with van der Waals surface area (Å²) in [4.78, 5) is 27.8. The fourth-order valence-electron chi connectivity index (χ4n) is 2.98. The number of halogens is 2. The van der Waals surface area contributed by atoms with Crippen LogP contribution in [0.1, 0.15) is 10.4 Å². The number of nitrogens with one attached hydrogen (secondary N) is 2. The van der Waals surface area contributed by atoms with Crippen LogP contribution in [0.4, 0.5) is 10.1 Å². The Morgan fingerprint density at radius 2 is 2.00 bits per heavy atom. The molecule has 4 rings (SSSR count). The third kappa shape index (κ3) is 3.35. The van der Waals surface area contributed by atoms with Gasteiger partial charge in [-0.05, 0) is 42.5 Å². The fraction of sp³-hybridized carbons (Fsp3) is 0.0500. The number of H-pyrrole nitrogens is 1. The van der Waals surface area contributed by atoms with E-state index in [1.807, 2.05) is 0 Å². The van der Waals surface area contributed by atoms with Crippen molar-refractivity contribution < 1.29 is 19.0 Å². The van der Waals surface area contributed by atoms with Crippen LogP contribution in [0.5, 0.6) is 11.5 Å². The molecule has 0 atom stereocenters. The Labute approximate surface area is 173 Å². The van der Waals surface area contributed by atoms with Gasteiger partial charge in [0.1, 0.15) is 28.5 Å². The molecule has 4 aromatic rings. The minimum Gasteiger partial charge on any atom is -0.506 e. The van der Waals surface area contributed by atoms with E-state index in [1.165, 1.54) is 48.3 Å². The van der Waals surface area contributed by atoms with Gasteiger partial charge >= 0.3 is 0 Å². The zero-order valence-electron chi connectivity index (χ0n) is 15.4. The number of aromatic amines is 1. The van der Waals surface area contributed by atoms with Crippen molar-refractivity contribution in [3.8, 4) is 17.2 Å². The molecule has 0 radical (unpaired) electrons. The van der Waals surface area contributed by atoms with Crippen LogP contribution < -0.4 is 15.6 Å². The Bertz CT molecular complexity index is 1330. The second kappa shape index (κ2) is 7.53. The molecule has 152 valence electrons. The van der Waals surface area contributed by atoms with E-state index in [1.54, 1.807) is 12.1 Å². The summed E-state index contributed by atoms with van der Waals surface area (Å²) in [6.45, 7) is 0. The number of amides is 1. The number of anilines is 1. The first-order valence-corrected chi connectivity index (χ1v) is 9.00. The molecular formula is C20H14ClFN4O4. The molecule has 0 aliphatic heterocycles. The minimum absolute atomic E-state index is 0.150. The highest BCUT2D eigenvalue weighted by Crippen LogP contribution is 2.29. The van der Waals surface area contributed by atoms with Gasteiger partial charge in [-0.15, -0.1) is 0 Å². The van der Waals surface area contributed by atoms with Crippen LogP contribution in [0.15, 0.2) is 53.5 Å². The highest BCUT2D eigenvalue weighted by Gasteiger charge is 2.22. The number of hydrogen-bond donors (Lipinski definition) is 3. The van der Waals surface area contributed by atoms with Crippen molar-refractivity contribution >= 4 is 34.2 Å². The van der Waals surface area contributed by atoms with Crippen molar-refractivity contribution in [1.82, 2.24) is 14.8 Å². The standard InChI is InChI=1S/C20H14ClFN4O4/c1-30-15-7-4-11(8-14(15)21)24-19(28)16-17(27)13-9-23-26(18(13)25-20(16)29)12-5-2-10(22)3-6-12/h2-9H,1H3,(H,24,28)(H2,25,27,29). The van der Waals surface area contributed by atoms with Gasteiger partial charge < -0.3 is 20.1 Å². The monoisotopic (exact) mass is 428 g/mol. The molecule has 0 saturated carbocycles. The van der Waals surface area contributed by atoms with Crippen LogP contribution in [0.3, 0.4) is 0 Å². The molecule has 0 bridgehead atoms. The second-order valence-corrected chi connectivity index (χ2v) is 6.68. The number of benzene rings is 2. The Hall–Kier alpha value is -3.85. The number of nitrogens with zero attached hydrogens (tertiary/aromatic N) is 2. The maximum absolute atomic E-state index is 13.2. The van der Waals surface area contributed by atoms with Crippen molar-refractivity contribution in [3.05, 3.63) is 75.4 Å². The van der Waals surface area contributed by atoms with Gasteiger partial charge in [0.2, 0.25) is 0 Å². The van der Waals surface area contributed by atoms with Crippen molar-refractivity contribution in [2.75, 3.05) is 12.4 Å². The van der Waals surface area contributed by atoms with Gasteiger partial charge in [-0.3, -0.25) is 9.59 Å². The van der Waals surface area contributed by atoms with Crippen LogP contribution in [-0.4, -0.2) is 32.9 Å². The number of ether oxygens (including phenoxy) is 1. The quantitative estimate of drug-likeness (QED) is 0.461. The molecule has 10 heteroatoms. The van der Waals surface area contributed by atoms with E-state index < -0.39 is 28.6 Å². The van der Waals surface area contributed by atoms with Gasteiger partial charge in [-0.1, -0.05) is 11.6 Å². The molecule has 1 amide bonds. The van der Waals surface area contributed by atoms with E-state index in [9.17, 15) is 19.1 Å². The number of pyridine rings is 1. The lowest BCUT2D eigenvalue weighted by atomic mass is 10.2. The summed E-state index contributed by atoms with van der Waals surface area (Å²) in [6, 6.07) is 9.95. The third-order valence-corrected chi connectivity index (χ3v) is 4.72. The maximum atomic E-state index is 13.2. The van der Waals surface area contributed by atoms with E-state index in [-0.39, 0.29) is 16.1 Å². The van der Waals surface area contributed by atoms with E-state index in [0.717, 1.165) is 0 Å². The number of methoxy groups -OCH3 is 1. The predicted octanol–water partition coefficient (Wildman–Crippen LogP) is 3.47. The van der Waals surface area contributed by atoms with Crippen molar-refractivity contribution in [2.24, 2.45) is 0 Å². The Morgan fingerprint density at radius 3 is 2.67 bits per heavy atom. The summed E-state index contributed by atoms with van der Waals surface area (Å²) in [5, 5.41) is 17.6. The zero-order valence-corrected chi connectivity index (χ0v) is 16.2. The Balaban J connectivity index is 1.73. The number of hydrogen-bond acceptors (Lipinski definition) is 5. The van der Waals surface area contributed by atoms with Gasteiger partial charge in [0.05, 0.1) is 29.4 Å². The number of carbonyl (C=O) groups excluding carboxylic acids is 1. The van der Waals surface area contributed by atoms with Crippen molar-refractivity contribution in [2.45, 2.75) is 0 Å². The van der Waals surface area contributed by atoms with Crippen LogP contribution >= 0.6 is 11.6 Å². The lowest BCUT2D eigenvalue weighted by Gasteiger charge is -2.09. The molecule has 0 aliphatic rings. The second-order valence-electron chi connectivity index (χ2n) is 6.28. The largest absolute Gasteiger partial charge is 0.506 e. The topological polar surface area (TPSA) is 109 Å². The molecule has 8 nitrogen and oxygen atoms in total. The number of aromatic hydroxyl groups is 1. The summed E-state index contributed by atoms with van der Waals surface area (Å²) < 4.78 is 19.5. The smallest absolute Gasteiger partial charge is 0.266 e. The van der Waals surface area contributed by atoms with Crippen molar-refractivity contribution in [1.29, 1.82) is 0 Å². The third-order valence-electron chi connectivity index (χ3n) is 4.43. The first-order chi connectivity index (χ1) is 14.4. The van der Waals surface area contributed by atoms with Gasteiger partial charge in [0.15, 0.2) is 0 Å². The molecule has 0 spiro atoms. The first kappa shape index (κ1) is 19.5. The number of fused-ring (bicyclic) bond motifs is 1. The highest BCUT2D eigenvalue weighted by molar-refractivity contribution is 6.32. The maximum Gasteiger partial charge on any atom is 0.266 e. The Morgan fingerprint density at radius 1 is 1.27 bits per heavy atom. The molecule has 2 heterocycles. The average Bonchev–Trinajstić information content (AvgIpc) is 3.12. The lowest BCUT2D eigenvalue weighted by molar-refractivity contribution is 0.102. The minimum atomic E-state index is -0.827. The van der Waals surface area contributed by atoms with Crippen molar-refractivity contribution in [3.63, 3.8) is 0 Å². The van der Waals surface area contributed by atoms with E-state index in [0.29, 0.717) is 17.1 Å². The molecular weight excluding hydrogens is 415 g/mol. The highest BCUT2D eigenvalue weighted by atomic mass is 35.5. The van der Waals surface area contributed by atoms with Crippen LogP contribution in [0.25, 0.3) is 16.7 Å². The summed E-state index contributed by atoms with van der Waals surface area (Å²) in [7, 11) is 1.46. The van der Waals surface area contributed by atoms with Gasteiger partial charge in [-0.2, -0.15) is 5.10 Å². The predicted molar refractivity (Wildman–Crippen MR) is 109 cm³/mol. The normalized spacial score (nSPS) is 10.9. The number of rotatable bonds is 4. The van der Waals surface area contributed by atoms with E-state index in [2.05, 4.69) is 15.4 Å². The lowest BCUT2D eigenvalue weighted by Crippen LogP contribution is -2.23. The van der Waals surface area contributed by atoms with Crippen LogP contribution in [-0.2, 0) is 0 Å². The summed E-state index contributed by atoms with van der Waals surface area (Å²) in [6.07, 6.45) is 1.30.